The number of halogens is 1. The third-order valence-corrected chi connectivity index (χ3v) is 2.64. The number of carbonyl (C=O) groups is 1. The quantitative estimate of drug-likeness (QED) is 0.822. The molecule has 66 valence electrons. The summed E-state index contributed by atoms with van der Waals surface area (Å²) >= 11 is 3.25. The molecule has 0 aliphatic heterocycles. The van der Waals surface area contributed by atoms with Crippen LogP contribution in [0.25, 0.3) is 0 Å². The van der Waals surface area contributed by atoms with Gasteiger partial charge in [0.2, 0.25) is 0 Å². The van der Waals surface area contributed by atoms with Gasteiger partial charge >= 0.3 is 5.97 Å². The molecule has 12 heavy (non-hydrogen) atoms. The number of carboxylic acids is 1. The van der Waals surface area contributed by atoms with Crippen LogP contribution in [0.1, 0.15) is 28.7 Å². The summed E-state index contributed by atoms with van der Waals surface area (Å²) in [7, 11) is 0. The Balaban J connectivity index is 3.28. The van der Waals surface area contributed by atoms with Crippen molar-refractivity contribution in [1.29, 1.82) is 0 Å². The monoisotopic (exact) mass is 231 g/mol. The van der Waals surface area contributed by atoms with Crippen molar-refractivity contribution >= 4 is 21.9 Å². The molecule has 2 N–H and O–H groups in total. The highest BCUT2D eigenvalue weighted by molar-refractivity contribution is 9.10. The fraction of sp³-hybridized carbons (Fsp3) is 0.375. The van der Waals surface area contributed by atoms with Gasteiger partial charge in [0.25, 0.3) is 0 Å². The molecule has 0 atom stereocenters. The molecule has 0 aliphatic carbocycles. The van der Waals surface area contributed by atoms with Gasteiger partial charge in [0.15, 0.2) is 0 Å². The van der Waals surface area contributed by atoms with Gasteiger partial charge in [-0.15, -0.1) is 0 Å². The molecule has 0 saturated heterocycles. The van der Waals surface area contributed by atoms with Crippen molar-refractivity contribution < 1.29 is 9.90 Å². The molecule has 0 radical (unpaired) electrons. The van der Waals surface area contributed by atoms with Crippen LogP contribution in [0, 0.1) is 6.92 Å². The van der Waals surface area contributed by atoms with E-state index >= 15 is 0 Å². The predicted molar refractivity (Wildman–Crippen MR) is 49.6 cm³/mol. The van der Waals surface area contributed by atoms with E-state index in [9.17, 15) is 4.79 Å². The Morgan fingerprint density at radius 2 is 2.25 bits per heavy atom. The van der Waals surface area contributed by atoms with Gasteiger partial charge in [-0.25, -0.2) is 4.79 Å². The number of aromatic amines is 1. The van der Waals surface area contributed by atoms with E-state index < -0.39 is 5.97 Å². The van der Waals surface area contributed by atoms with E-state index in [-0.39, 0.29) is 0 Å². The van der Waals surface area contributed by atoms with Gasteiger partial charge in [-0.2, -0.15) is 0 Å². The van der Waals surface area contributed by atoms with E-state index in [0.717, 1.165) is 12.1 Å². The first-order chi connectivity index (χ1) is 5.57. The summed E-state index contributed by atoms with van der Waals surface area (Å²) in [5, 5.41) is 8.81. The first kappa shape index (κ1) is 9.32. The highest BCUT2D eigenvalue weighted by Crippen LogP contribution is 2.25. The zero-order valence-electron chi connectivity index (χ0n) is 6.94. The maximum absolute atomic E-state index is 10.7. The Hall–Kier alpha value is -0.770. The van der Waals surface area contributed by atoms with Gasteiger partial charge in [0.1, 0.15) is 0 Å². The van der Waals surface area contributed by atoms with Crippen LogP contribution in [0.15, 0.2) is 4.47 Å². The number of aryl methyl sites for hydroxylation is 2. The SMILES string of the molecule is CCc1[nH]c(C)c(C(=O)O)c1Br. The molecule has 0 spiro atoms. The van der Waals surface area contributed by atoms with Crippen LogP contribution >= 0.6 is 15.9 Å². The first-order valence-electron chi connectivity index (χ1n) is 3.68. The minimum Gasteiger partial charge on any atom is -0.478 e. The van der Waals surface area contributed by atoms with Crippen molar-refractivity contribution in [3.05, 3.63) is 21.4 Å². The third-order valence-electron chi connectivity index (χ3n) is 1.77. The first-order valence-corrected chi connectivity index (χ1v) is 4.47. The minimum absolute atomic E-state index is 0.340. The molecule has 0 fully saturated rings. The normalized spacial score (nSPS) is 10.2. The molecule has 1 heterocycles. The third kappa shape index (κ3) is 1.39. The Labute approximate surface area is 78.9 Å². The number of hydrogen-bond donors (Lipinski definition) is 2. The average Bonchev–Trinajstić information content (AvgIpc) is 2.25. The second-order valence-electron chi connectivity index (χ2n) is 2.58. The molecule has 0 amide bonds. The number of aromatic carboxylic acids is 1. The van der Waals surface area contributed by atoms with Gasteiger partial charge in [-0.3, -0.25) is 0 Å². The molecule has 0 unspecified atom stereocenters. The average molecular weight is 232 g/mol. The van der Waals surface area contributed by atoms with Gasteiger partial charge in [-0.05, 0) is 29.3 Å². The number of aromatic nitrogens is 1. The van der Waals surface area contributed by atoms with Crippen LogP contribution in [-0.4, -0.2) is 16.1 Å². The van der Waals surface area contributed by atoms with Gasteiger partial charge < -0.3 is 10.1 Å². The summed E-state index contributed by atoms with van der Waals surface area (Å²) in [5.41, 5.74) is 1.97. The lowest BCUT2D eigenvalue weighted by Crippen LogP contribution is -1.97. The molecular weight excluding hydrogens is 222 g/mol. The van der Waals surface area contributed by atoms with Crippen molar-refractivity contribution in [3.63, 3.8) is 0 Å². The molecule has 4 heteroatoms. The van der Waals surface area contributed by atoms with Gasteiger partial charge in [0, 0.05) is 11.4 Å². The van der Waals surface area contributed by atoms with Crippen molar-refractivity contribution in [1.82, 2.24) is 4.98 Å². The molecular formula is C8H10BrNO2. The molecule has 3 nitrogen and oxygen atoms in total. The zero-order valence-corrected chi connectivity index (χ0v) is 8.53. The Morgan fingerprint density at radius 1 is 1.67 bits per heavy atom. The van der Waals surface area contributed by atoms with E-state index in [1.165, 1.54) is 0 Å². The molecule has 0 saturated carbocycles. The Bertz CT molecular complexity index is 317. The van der Waals surface area contributed by atoms with Crippen molar-refractivity contribution in [3.8, 4) is 0 Å². The largest absolute Gasteiger partial charge is 0.478 e. The summed E-state index contributed by atoms with van der Waals surface area (Å²) in [6, 6.07) is 0. The van der Waals surface area contributed by atoms with E-state index in [4.69, 9.17) is 5.11 Å². The van der Waals surface area contributed by atoms with Crippen LogP contribution in [0.4, 0.5) is 0 Å². The molecule has 1 rings (SSSR count). The summed E-state index contributed by atoms with van der Waals surface area (Å²) < 4.78 is 0.676. The number of nitrogens with one attached hydrogen (secondary N) is 1. The highest BCUT2D eigenvalue weighted by Gasteiger charge is 2.16. The number of carboxylic acid groups (broad SMARTS) is 1. The number of rotatable bonds is 2. The van der Waals surface area contributed by atoms with Gasteiger partial charge in [0.05, 0.1) is 10.0 Å². The van der Waals surface area contributed by atoms with Gasteiger partial charge in [-0.1, -0.05) is 6.92 Å². The summed E-state index contributed by atoms with van der Waals surface area (Å²) in [6.45, 7) is 3.73. The lowest BCUT2D eigenvalue weighted by molar-refractivity contribution is 0.0695. The standard InChI is InChI=1S/C8H10BrNO2/c1-3-5-7(9)6(8(11)12)4(2)10-5/h10H,3H2,1-2H3,(H,11,12). The molecule has 1 aromatic rings. The van der Waals surface area contributed by atoms with Crippen LogP contribution < -0.4 is 0 Å². The lowest BCUT2D eigenvalue weighted by atomic mass is 10.2. The van der Waals surface area contributed by atoms with E-state index in [0.29, 0.717) is 15.7 Å². The maximum atomic E-state index is 10.7. The number of hydrogen-bond acceptors (Lipinski definition) is 1. The summed E-state index contributed by atoms with van der Waals surface area (Å²) in [5.74, 6) is -0.893. The molecule has 0 aromatic carbocycles. The minimum atomic E-state index is -0.893. The predicted octanol–water partition coefficient (Wildman–Crippen LogP) is 2.35. The number of H-pyrrole nitrogens is 1. The molecule has 1 aromatic heterocycles. The van der Waals surface area contributed by atoms with Crippen LogP contribution in [0.5, 0.6) is 0 Å². The molecule has 0 bridgehead atoms. The topological polar surface area (TPSA) is 53.1 Å². The van der Waals surface area contributed by atoms with E-state index in [2.05, 4.69) is 20.9 Å². The summed E-state index contributed by atoms with van der Waals surface area (Å²) in [6.07, 6.45) is 0.800. The van der Waals surface area contributed by atoms with Crippen molar-refractivity contribution in [2.75, 3.05) is 0 Å². The van der Waals surface area contributed by atoms with Crippen molar-refractivity contribution in [2.45, 2.75) is 20.3 Å². The highest BCUT2D eigenvalue weighted by atomic mass is 79.9. The van der Waals surface area contributed by atoms with Crippen LogP contribution in [-0.2, 0) is 6.42 Å². The smallest absolute Gasteiger partial charge is 0.338 e. The fourth-order valence-corrected chi connectivity index (χ4v) is 2.00. The lowest BCUT2D eigenvalue weighted by Gasteiger charge is -1.92. The Morgan fingerprint density at radius 3 is 2.50 bits per heavy atom. The zero-order chi connectivity index (χ0) is 9.30. The van der Waals surface area contributed by atoms with Crippen LogP contribution in [0.2, 0.25) is 0 Å². The molecule has 0 aliphatic rings. The maximum Gasteiger partial charge on any atom is 0.338 e. The second-order valence-corrected chi connectivity index (χ2v) is 3.37. The van der Waals surface area contributed by atoms with E-state index in [1.807, 2.05) is 6.92 Å². The van der Waals surface area contributed by atoms with E-state index in [1.54, 1.807) is 6.92 Å². The summed E-state index contributed by atoms with van der Waals surface area (Å²) in [4.78, 5) is 13.7. The van der Waals surface area contributed by atoms with Crippen LogP contribution in [0.3, 0.4) is 0 Å². The Kier molecular flexibility index (Phi) is 2.57. The second kappa shape index (κ2) is 3.31. The van der Waals surface area contributed by atoms with Crippen molar-refractivity contribution in [2.24, 2.45) is 0 Å². The fourth-order valence-electron chi connectivity index (χ4n) is 1.16.